The highest BCUT2D eigenvalue weighted by molar-refractivity contribution is 7.87. The molecule has 1 aromatic heterocycles. The predicted molar refractivity (Wildman–Crippen MR) is 129 cm³/mol. The van der Waals surface area contributed by atoms with Crippen molar-refractivity contribution in [3.8, 4) is 0 Å². The maximum atomic E-state index is 13.2. The van der Waals surface area contributed by atoms with Gasteiger partial charge >= 0.3 is 0 Å². The highest BCUT2D eigenvalue weighted by atomic mass is 35.5. The van der Waals surface area contributed by atoms with Crippen LogP contribution in [-0.4, -0.2) is 52.8 Å². The highest BCUT2D eigenvalue weighted by Crippen LogP contribution is 2.43. The van der Waals surface area contributed by atoms with E-state index in [4.69, 9.17) is 31.6 Å². The van der Waals surface area contributed by atoms with E-state index in [2.05, 4.69) is 10.3 Å². The van der Waals surface area contributed by atoms with Gasteiger partial charge in [-0.3, -0.25) is 9.50 Å². The second-order valence-corrected chi connectivity index (χ2v) is 12.0. The summed E-state index contributed by atoms with van der Waals surface area (Å²) in [6.45, 7) is 0.278. The monoisotopic (exact) mass is 555 g/mol. The Labute approximate surface area is 212 Å². The summed E-state index contributed by atoms with van der Waals surface area (Å²) in [6.07, 6.45) is 0.228. The number of pyridine rings is 1. The quantitative estimate of drug-likeness (QED) is 0.346. The molecular weight excluding hydrogens is 537 g/mol. The SMILES string of the molecule is O=S(=O)(OC1N[C@H]2CN(c3cnc(Cl)c(Cl)c3)C[C@@]12OS(=O)(=O)c1ccccc1)c1ccccc1. The molecule has 0 aliphatic carbocycles. The minimum atomic E-state index is -4.26. The van der Waals surface area contributed by atoms with Crippen molar-refractivity contribution < 1.29 is 25.2 Å². The Bertz CT molecular complexity index is 1460. The Hall–Kier alpha value is -2.25. The second kappa shape index (κ2) is 9.00. The van der Waals surface area contributed by atoms with E-state index in [0.29, 0.717) is 5.69 Å². The van der Waals surface area contributed by atoms with Gasteiger partial charge in [-0.05, 0) is 30.3 Å². The molecule has 3 atom stereocenters. The number of halogens is 2. The zero-order chi connectivity index (χ0) is 24.8. The van der Waals surface area contributed by atoms with E-state index in [-0.39, 0.29) is 33.1 Å². The van der Waals surface area contributed by atoms with Crippen LogP contribution in [0.3, 0.4) is 0 Å². The lowest BCUT2D eigenvalue weighted by molar-refractivity contribution is -0.126. The Morgan fingerprint density at radius 2 is 1.54 bits per heavy atom. The average Bonchev–Trinajstić information content (AvgIpc) is 3.12. The van der Waals surface area contributed by atoms with Gasteiger partial charge < -0.3 is 4.90 Å². The van der Waals surface area contributed by atoms with E-state index < -0.39 is 38.1 Å². The topological polar surface area (TPSA) is 115 Å². The smallest absolute Gasteiger partial charge is 0.298 e. The van der Waals surface area contributed by atoms with Crippen LogP contribution in [0.4, 0.5) is 5.69 Å². The molecule has 0 amide bonds. The first-order valence-electron chi connectivity index (χ1n) is 10.4. The summed E-state index contributed by atoms with van der Waals surface area (Å²) < 4.78 is 63.4. The molecule has 2 aliphatic heterocycles. The molecule has 1 unspecified atom stereocenters. The van der Waals surface area contributed by atoms with Gasteiger partial charge in [-0.15, -0.1) is 0 Å². The number of rotatable bonds is 7. The maximum absolute atomic E-state index is 13.2. The molecule has 0 radical (unpaired) electrons. The molecule has 0 saturated carbocycles. The van der Waals surface area contributed by atoms with Crippen LogP contribution in [-0.2, 0) is 28.6 Å². The molecule has 2 fully saturated rings. The van der Waals surface area contributed by atoms with Crippen LogP contribution in [0, 0.1) is 0 Å². The molecule has 184 valence electrons. The first kappa shape index (κ1) is 24.4. The van der Waals surface area contributed by atoms with Crippen molar-refractivity contribution >= 4 is 49.1 Å². The average molecular weight is 556 g/mol. The molecule has 2 aromatic carbocycles. The van der Waals surface area contributed by atoms with Gasteiger partial charge in [-0.1, -0.05) is 59.6 Å². The fourth-order valence-corrected chi connectivity index (χ4v) is 6.75. The summed E-state index contributed by atoms with van der Waals surface area (Å²) in [7, 11) is -8.48. The number of benzene rings is 2. The molecule has 35 heavy (non-hydrogen) atoms. The van der Waals surface area contributed by atoms with Crippen LogP contribution in [0.25, 0.3) is 0 Å². The van der Waals surface area contributed by atoms with Crippen molar-refractivity contribution in [2.24, 2.45) is 0 Å². The zero-order valence-electron chi connectivity index (χ0n) is 17.9. The lowest BCUT2D eigenvalue weighted by Crippen LogP contribution is -2.77. The van der Waals surface area contributed by atoms with Gasteiger partial charge in [0.05, 0.1) is 39.3 Å². The summed E-state index contributed by atoms with van der Waals surface area (Å²) in [5.41, 5.74) is -0.969. The van der Waals surface area contributed by atoms with Gasteiger partial charge in [0.15, 0.2) is 11.8 Å². The highest BCUT2D eigenvalue weighted by Gasteiger charge is 2.66. The first-order valence-corrected chi connectivity index (χ1v) is 14.0. The fourth-order valence-electron chi connectivity index (χ4n) is 4.16. The molecular formula is C22H19Cl2N3O6S2. The number of hydrogen-bond acceptors (Lipinski definition) is 9. The molecule has 1 N–H and O–H groups in total. The molecule has 5 rings (SSSR count). The predicted octanol–water partition coefficient (Wildman–Crippen LogP) is 3.06. The molecule has 0 spiro atoms. The molecule has 3 heterocycles. The van der Waals surface area contributed by atoms with Gasteiger partial charge in [0.1, 0.15) is 5.15 Å². The lowest BCUT2D eigenvalue weighted by atomic mass is 9.87. The van der Waals surface area contributed by atoms with E-state index in [1.807, 2.05) is 0 Å². The third-order valence-corrected chi connectivity index (χ3v) is 9.29. The Balaban J connectivity index is 1.49. The lowest BCUT2D eigenvalue weighted by Gasteiger charge is -2.49. The van der Waals surface area contributed by atoms with Crippen LogP contribution in [0.5, 0.6) is 0 Å². The molecule has 9 nitrogen and oxygen atoms in total. The van der Waals surface area contributed by atoms with Gasteiger partial charge in [0.25, 0.3) is 20.2 Å². The number of nitrogens with one attached hydrogen (secondary N) is 1. The van der Waals surface area contributed by atoms with Gasteiger partial charge in [-0.25, -0.2) is 9.17 Å². The van der Waals surface area contributed by atoms with Crippen molar-refractivity contribution in [1.29, 1.82) is 0 Å². The van der Waals surface area contributed by atoms with Crippen LogP contribution in [0.1, 0.15) is 0 Å². The minimum absolute atomic E-state index is 0.00858. The summed E-state index contributed by atoms with van der Waals surface area (Å²) in [5, 5.41) is 3.35. The van der Waals surface area contributed by atoms with Crippen molar-refractivity contribution in [2.45, 2.75) is 27.7 Å². The van der Waals surface area contributed by atoms with E-state index >= 15 is 0 Å². The molecule has 2 saturated heterocycles. The van der Waals surface area contributed by atoms with E-state index in [1.165, 1.54) is 30.5 Å². The maximum Gasteiger partial charge on any atom is 0.298 e. The number of nitrogens with zero attached hydrogens (tertiary/aromatic N) is 2. The van der Waals surface area contributed by atoms with Gasteiger partial charge in [-0.2, -0.15) is 16.8 Å². The van der Waals surface area contributed by atoms with E-state index in [9.17, 15) is 16.8 Å². The third-order valence-electron chi connectivity index (χ3n) is 5.93. The Morgan fingerprint density at radius 1 is 0.943 bits per heavy atom. The third kappa shape index (κ3) is 4.53. The van der Waals surface area contributed by atoms with E-state index in [0.717, 1.165) is 0 Å². The van der Waals surface area contributed by atoms with Crippen LogP contribution >= 0.6 is 23.2 Å². The van der Waals surface area contributed by atoms with Crippen molar-refractivity contribution in [3.05, 3.63) is 83.1 Å². The molecule has 3 aromatic rings. The molecule has 2 aliphatic rings. The molecule has 13 heteroatoms. The number of aromatic nitrogens is 1. The normalized spacial score (nSPS) is 24.1. The Morgan fingerprint density at radius 3 is 2.14 bits per heavy atom. The molecule has 0 bridgehead atoms. The summed E-state index contributed by atoms with van der Waals surface area (Å²) >= 11 is 12.0. The number of fused-ring (bicyclic) bond motifs is 1. The van der Waals surface area contributed by atoms with Crippen LogP contribution in [0.2, 0.25) is 10.2 Å². The number of hydrogen-bond donors (Lipinski definition) is 1. The largest absolute Gasteiger partial charge is 0.365 e. The van der Waals surface area contributed by atoms with Gasteiger partial charge in [0.2, 0.25) is 0 Å². The summed E-state index contributed by atoms with van der Waals surface area (Å²) in [4.78, 5) is 5.71. The fraction of sp³-hybridized carbons (Fsp3) is 0.227. The number of anilines is 1. The summed E-state index contributed by atoms with van der Waals surface area (Å²) in [5.74, 6) is 0. The minimum Gasteiger partial charge on any atom is -0.365 e. The van der Waals surface area contributed by atoms with Crippen LogP contribution < -0.4 is 10.2 Å². The summed E-state index contributed by atoms with van der Waals surface area (Å²) in [6, 6.07) is 16.2. The zero-order valence-corrected chi connectivity index (χ0v) is 21.1. The van der Waals surface area contributed by atoms with Crippen LogP contribution in [0.15, 0.2) is 82.7 Å². The van der Waals surface area contributed by atoms with Crippen molar-refractivity contribution in [2.75, 3.05) is 18.0 Å². The Kier molecular flexibility index (Phi) is 6.29. The second-order valence-electron chi connectivity index (χ2n) is 8.11. The van der Waals surface area contributed by atoms with Crippen molar-refractivity contribution in [1.82, 2.24) is 10.3 Å². The first-order chi connectivity index (χ1) is 16.6. The van der Waals surface area contributed by atoms with E-state index in [1.54, 1.807) is 47.4 Å². The standard InChI is InChI=1S/C22H19Cl2N3O6S2/c23-18-11-15(12-25-20(18)24)27-13-19-22(14-27,33-35(30,31)17-9-5-2-6-10-17)21(26-19)32-34(28,29)16-7-3-1-4-8-16/h1-12,19,21,26H,13-14H2/t19-,21?,22-/m0/s1. The van der Waals surface area contributed by atoms with Crippen molar-refractivity contribution in [3.63, 3.8) is 0 Å². The van der Waals surface area contributed by atoms with Gasteiger partial charge in [0, 0.05) is 6.54 Å².